The summed E-state index contributed by atoms with van der Waals surface area (Å²) in [5.74, 6) is -0.470. The van der Waals surface area contributed by atoms with E-state index in [1.165, 1.54) is 23.3 Å². The van der Waals surface area contributed by atoms with Crippen molar-refractivity contribution in [1.82, 2.24) is 0 Å². The molecule has 0 bridgehead atoms. The van der Waals surface area contributed by atoms with Crippen LogP contribution >= 0.6 is 0 Å². The Hall–Kier alpha value is -4.53. The predicted molar refractivity (Wildman–Crippen MR) is 179 cm³/mol. The van der Waals surface area contributed by atoms with Crippen molar-refractivity contribution >= 4 is 38.7 Å². The molecular formula is C37H36N3O4S-. The molecule has 0 spiro atoms. The van der Waals surface area contributed by atoms with Crippen LogP contribution in [0.1, 0.15) is 74.0 Å². The Kier molecular flexibility index (Phi) is 7.54. The fourth-order valence-corrected chi connectivity index (χ4v) is 7.05. The molecule has 0 atom stereocenters. The van der Waals surface area contributed by atoms with E-state index in [9.17, 15) is 17.8 Å². The Bertz CT molecular complexity index is 1990. The van der Waals surface area contributed by atoms with Gasteiger partial charge in [0, 0.05) is 27.8 Å². The molecule has 2 heterocycles. The highest BCUT2D eigenvalue weighted by molar-refractivity contribution is 7.85. The van der Waals surface area contributed by atoms with E-state index < -0.39 is 21.4 Å². The van der Waals surface area contributed by atoms with Crippen molar-refractivity contribution in [2.75, 3.05) is 5.32 Å². The maximum atomic E-state index is 11.8. The minimum Gasteiger partial charge on any atom is -0.744 e. The van der Waals surface area contributed by atoms with Gasteiger partial charge in [0.05, 0.1) is 16.3 Å². The van der Waals surface area contributed by atoms with E-state index in [1.54, 1.807) is 18.2 Å². The first-order valence-electron chi connectivity index (χ1n) is 15.1. The minimum atomic E-state index is -4.57. The Morgan fingerprint density at radius 3 is 2.33 bits per heavy atom. The molecule has 0 fully saturated rings. The number of carbonyl (C=O) groups excluding carboxylic acids is 1. The van der Waals surface area contributed by atoms with Gasteiger partial charge in [0.1, 0.15) is 10.1 Å². The van der Waals surface area contributed by atoms with Gasteiger partial charge in [-0.15, -0.1) is 0 Å². The molecule has 0 radical (unpaired) electrons. The van der Waals surface area contributed by atoms with E-state index in [0.717, 1.165) is 64.3 Å². The van der Waals surface area contributed by atoms with Crippen molar-refractivity contribution in [3.05, 3.63) is 130 Å². The SMILES string of the molecule is CC1(C)C(/C=C/C2=C(c3ccc(C(N)=O)cc3)C(=C\C=C3/Nc4ccc(S(=O)(=O)[O-])cc4C3(C)C)/CCC2)=Nc2ccccc21. The van der Waals surface area contributed by atoms with Gasteiger partial charge in [-0.3, -0.25) is 9.79 Å². The Balaban J connectivity index is 1.41. The lowest BCUT2D eigenvalue weighted by Crippen LogP contribution is -2.23. The van der Waals surface area contributed by atoms with Crippen molar-refractivity contribution in [3.63, 3.8) is 0 Å². The molecule has 3 aromatic carbocycles. The third-order valence-electron chi connectivity index (χ3n) is 9.24. The Morgan fingerprint density at radius 2 is 1.64 bits per heavy atom. The smallest absolute Gasteiger partial charge is 0.248 e. The van der Waals surface area contributed by atoms with Gasteiger partial charge < -0.3 is 15.6 Å². The summed E-state index contributed by atoms with van der Waals surface area (Å²) in [6.45, 7) is 8.41. The maximum Gasteiger partial charge on any atom is 0.248 e. The second-order valence-corrected chi connectivity index (χ2v) is 14.2. The predicted octanol–water partition coefficient (Wildman–Crippen LogP) is 7.46. The number of hydrogen-bond donors (Lipinski definition) is 2. The number of allylic oxidation sites excluding steroid dienone is 8. The number of anilines is 1. The molecule has 3 N–H and O–H groups in total. The van der Waals surface area contributed by atoms with Gasteiger partial charge in [0.15, 0.2) is 0 Å². The number of aliphatic imine (C=N–C) groups is 1. The molecule has 1 aliphatic carbocycles. The zero-order valence-corrected chi connectivity index (χ0v) is 26.7. The van der Waals surface area contributed by atoms with E-state index in [1.807, 2.05) is 38.1 Å². The third-order valence-corrected chi connectivity index (χ3v) is 10.1. The fourth-order valence-electron chi connectivity index (χ4n) is 6.55. The zero-order chi connectivity index (χ0) is 32.1. The number of benzene rings is 3. The summed E-state index contributed by atoms with van der Waals surface area (Å²) >= 11 is 0. The van der Waals surface area contributed by atoms with Crippen LogP contribution in [0.5, 0.6) is 0 Å². The van der Waals surface area contributed by atoms with Crippen LogP contribution in [0.3, 0.4) is 0 Å². The number of nitrogens with one attached hydrogen (secondary N) is 1. The molecule has 6 rings (SSSR count). The number of nitrogens with two attached hydrogens (primary N) is 1. The lowest BCUT2D eigenvalue weighted by molar-refractivity contribution is 0.1000. The quantitative estimate of drug-likeness (QED) is 0.278. The van der Waals surface area contributed by atoms with Crippen LogP contribution in [0.15, 0.2) is 118 Å². The fraction of sp³-hybridized carbons (Fsp3) is 0.243. The largest absolute Gasteiger partial charge is 0.744 e. The first kappa shape index (κ1) is 30.5. The van der Waals surface area contributed by atoms with E-state index >= 15 is 0 Å². The molecule has 45 heavy (non-hydrogen) atoms. The van der Waals surface area contributed by atoms with Crippen LogP contribution < -0.4 is 11.1 Å². The molecule has 0 saturated carbocycles. The molecule has 7 nitrogen and oxygen atoms in total. The standard InChI is InChI=1S/C37H37N3O4S/c1-36(2)28-10-5-6-11-30(28)39-32(36)20-16-23-8-7-9-24(34(23)25-12-14-26(15-13-25)35(38)41)17-21-33-37(3,4)29-22-27(45(42,43)44)18-19-31(29)40-33/h5-6,10-22,40H,7-9H2,1-4H3,(H2,38,41)(H,42,43,44)/p-1/b20-16+,24-17-,33-21-. The highest BCUT2D eigenvalue weighted by Crippen LogP contribution is 2.45. The van der Waals surface area contributed by atoms with Crippen molar-refractivity contribution in [1.29, 1.82) is 0 Å². The topological polar surface area (TPSA) is 125 Å². The average molecular weight is 619 g/mol. The lowest BCUT2D eigenvalue weighted by atomic mass is 9.79. The molecule has 2 aliphatic heterocycles. The van der Waals surface area contributed by atoms with Crippen LogP contribution in [0.25, 0.3) is 5.57 Å². The highest BCUT2D eigenvalue weighted by atomic mass is 32.2. The number of primary amides is 1. The minimum absolute atomic E-state index is 0.214. The molecule has 230 valence electrons. The molecule has 0 unspecified atom stereocenters. The number of hydrogen-bond acceptors (Lipinski definition) is 6. The normalized spacial score (nSPS) is 20.3. The van der Waals surface area contributed by atoms with Gasteiger partial charge in [-0.25, -0.2) is 8.42 Å². The van der Waals surface area contributed by atoms with E-state index in [0.29, 0.717) is 5.56 Å². The first-order valence-corrected chi connectivity index (χ1v) is 16.5. The zero-order valence-electron chi connectivity index (χ0n) is 25.8. The van der Waals surface area contributed by atoms with Gasteiger partial charge in [-0.2, -0.15) is 0 Å². The van der Waals surface area contributed by atoms with Crippen LogP contribution in [0, 0.1) is 0 Å². The van der Waals surface area contributed by atoms with Crippen molar-refractivity contribution in [2.45, 2.75) is 62.7 Å². The number of para-hydroxylation sites is 1. The molecule has 3 aliphatic rings. The lowest BCUT2D eigenvalue weighted by Gasteiger charge is -2.24. The molecule has 0 saturated heterocycles. The summed E-state index contributed by atoms with van der Waals surface area (Å²) in [6, 6.07) is 20.1. The summed E-state index contributed by atoms with van der Waals surface area (Å²) < 4.78 is 35.1. The van der Waals surface area contributed by atoms with E-state index in [4.69, 9.17) is 10.7 Å². The maximum absolute atomic E-state index is 11.8. The van der Waals surface area contributed by atoms with Gasteiger partial charge in [-0.1, -0.05) is 70.2 Å². The summed E-state index contributed by atoms with van der Waals surface area (Å²) in [5.41, 5.74) is 15.3. The van der Waals surface area contributed by atoms with Gasteiger partial charge in [-0.05, 0) is 101 Å². The van der Waals surface area contributed by atoms with Gasteiger partial charge in [0.25, 0.3) is 0 Å². The molecular weight excluding hydrogens is 582 g/mol. The van der Waals surface area contributed by atoms with Crippen LogP contribution in [0.2, 0.25) is 0 Å². The van der Waals surface area contributed by atoms with Crippen LogP contribution in [-0.4, -0.2) is 24.6 Å². The summed E-state index contributed by atoms with van der Waals surface area (Å²) in [4.78, 5) is 16.5. The average Bonchev–Trinajstić information content (AvgIpc) is 3.41. The molecule has 3 aromatic rings. The summed E-state index contributed by atoms with van der Waals surface area (Å²) in [7, 11) is -4.57. The van der Waals surface area contributed by atoms with E-state index in [2.05, 4.69) is 55.6 Å². The molecule has 8 heteroatoms. The summed E-state index contributed by atoms with van der Waals surface area (Å²) in [6.07, 6.45) is 11.2. The monoisotopic (exact) mass is 618 g/mol. The van der Waals surface area contributed by atoms with Crippen LogP contribution in [-0.2, 0) is 20.9 Å². The Morgan fingerprint density at radius 1 is 0.911 bits per heavy atom. The second kappa shape index (κ2) is 11.1. The van der Waals surface area contributed by atoms with Crippen molar-refractivity contribution < 1.29 is 17.8 Å². The van der Waals surface area contributed by atoms with Crippen LogP contribution in [0.4, 0.5) is 11.4 Å². The Labute approximate surface area is 264 Å². The molecule has 1 amide bonds. The molecule has 0 aromatic heterocycles. The van der Waals surface area contributed by atoms with E-state index in [-0.39, 0.29) is 10.3 Å². The van der Waals surface area contributed by atoms with Gasteiger partial charge >= 0.3 is 0 Å². The second-order valence-electron chi connectivity index (χ2n) is 12.9. The number of amides is 1. The number of rotatable bonds is 6. The number of nitrogens with zero attached hydrogens (tertiary/aromatic N) is 1. The highest BCUT2D eigenvalue weighted by Gasteiger charge is 2.35. The third kappa shape index (κ3) is 5.60. The van der Waals surface area contributed by atoms with Crippen molar-refractivity contribution in [2.24, 2.45) is 10.7 Å². The number of fused-ring (bicyclic) bond motifs is 2. The summed E-state index contributed by atoms with van der Waals surface area (Å²) in [5, 5.41) is 3.43. The van der Waals surface area contributed by atoms with Gasteiger partial charge in [0.2, 0.25) is 5.91 Å². The number of carbonyl (C=O) groups is 1. The van der Waals surface area contributed by atoms with Crippen molar-refractivity contribution in [3.8, 4) is 0 Å². The first-order chi connectivity index (χ1) is 21.3.